The molecule has 0 saturated heterocycles. The summed E-state index contributed by atoms with van der Waals surface area (Å²) in [5.74, 6) is 0.356. The summed E-state index contributed by atoms with van der Waals surface area (Å²) in [5, 5.41) is 4.87. The van der Waals surface area contributed by atoms with E-state index in [1.54, 1.807) is 0 Å². The Balaban J connectivity index is 1.48. The molecule has 0 atom stereocenters. The maximum Gasteiger partial charge on any atom is 0.256 e. The largest absolute Gasteiger partial charge is 0.436 e. The second-order valence-corrected chi connectivity index (χ2v) is 9.87. The topological polar surface area (TPSA) is 55.1 Å². The first-order valence-corrected chi connectivity index (χ1v) is 12.0. The molecule has 0 aliphatic carbocycles. The van der Waals surface area contributed by atoms with Crippen LogP contribution in [0.5, 0.6) is 0 Å². The smallest absolute Gasteiger partial charge is 0.256 e. The maximum absolute atomic E-state index is 13.0. The summed E-state index contributed by atoms with van der Waals surface area (Å²) in [6.07, 6.45) is 0. The van der Waals surface area contributed by atoms with E-state index in [1.807, 2.05) is 72.8 Å². The minimum atomic E-state index is -0.174. The molecular weight excluding hydrogens is 635 g/mol. The molecule has 0 bridgehead atoms. The highest BCUT2D eigenvalue weighted by Gasteiger charge is 2.15. The highest BCUT2D eigenvalue weighted by molar-refractivity contribution is 14.1. The molecular formula is C24H13Br2IN2O2. The zero-order valence-corrected chi connectivity index (χ0v) is 21.2. The van der Waals surface area contributed by atoms with Crippen molar-refractivity contribution in [2.75, 3.05) is 5.32 Å². The van der Waals surface area contributed by atoms with E-state index in [0.717, 1.165) is 28.9 Å². The number of benzene rings is 4. The van der Waals surface area contributed by atoms with Gasteiger partial charge in [-0.05, 0) is 97.8 Å². The number of anilines is 1. The summed E-state index contributed by atoms with van der Waals surface area (Å²) in [6, 6.07) is 23.0. The van der Waals surface area contributed by atoms with Gasteiger partial charge in [-0.15, -0.1) is 0 Å². The van der Waals surface area contributed by atoms with Crippen LogP contribution in [0.3, 0.4) is 0 Å². The van der Waals surface area contributed by atoms with Gasteiger partial charge in [0.15, 0.2) is 5.58 Å². The lowest BCUT2D eigenvalue weighted by atomic mass is 10.0. The third-order valence-corrected chi connectivity index (χ3v) is 6.97. The van der Waals surface area contributed by atoms with Gasteiger partial charge in [-0.2, -0.15) is 0 Å². The Kier molecular flexibility index (Phi) is 5.58. The van der Waals surface area contributed by atoms with Crippen LogP contribution in [0.2, 0.25) is 0 Å². The molecule has 4 aromatic carbocycles. The molecule has 0 aliphatic rings. The van der Waals surface area contributed by atoms with Crippen molar-refractivity contribution in [2.24, 2.45) is 0 Å². The minimum Gasteiger partial charge on any atom is -0.436 e. The van der Waals surface area contributed by atoms with Gasteiger partial charge in [-0.3, -0.25) is 4.79 Å². The molecule has 0 aliphatic heterocycles. The first-order valence-electron chi connectivity index (χ1n) is 9.34. The first kappa shape index (κ1) is 20.7. The molecule has 7 heteroatoms. The average molecular weight is 648 g/mol. The van der Waals surface area contributed by atoms with E-state index in [0.29, 0.717) is 28.2 Å². The Morgan fingerprint density at radius 3 is 2.58 bits per heavy atom. The van der Waals surface area contributed by atoms with E-state index < -0.39 is 0 Å². The number of hydrogen-bond donors (Lipinski definition) is 1. The quantitative estimate of drug-likeness (QED) is 0.202. The standard InChI is InChI=1S/C24H13Br2IN2O2/c25-19-6-2-3-15-16(19)4-1-5-17(15)23(30)28-14-8-10-22-21(12-14)29-24(31-22)18-11-13(27)7-9-20(18)26/h1-12H,(H,28,30). The van der Waals surface area contributed by atoms with E-state index >= 15 is 0 Å². The van der Waals surface area contributed by atoms with Crippen molar-refractivity contribution in [3.05, 3.63) is 90.9 Å². The predicted octanol–water partition coefficient (Wildman–Crippen LogP) is 8.03. The van der Waals surface area contributed by atoms with Crippen LogP contribution in [0.15, 0.2) is 86.2 Å². The van der Waals surface area contributed by atoms with Crippen LogP contribution in [0.1, 0.15) is 10.4 Å². The van der Waals surface area contributed by atoms with Crippen LogP contribution >= 0.6 is 54.5 Å². The van der Waals surface area contributed by atoms with Crippen molar-refractivity contribution >= 4 is 87.9 Å². The molecule has 0 spiro atoms. The lowest BCUT2D eigenvalue weighted by molar-refractivity contribution is 0.102. The van der Waals surface area contributed by atoms with Crippen molar-refractivity contribution in [3.63, 3.8) is 0 Å². The Morgan fingerprint density at radius 2 is 1.71 bits per heavy atom. The number of rotatable bonds is 3. The van der Waals surface area contributed by atoms with E-state index in [1.165, 1.54) is 0 Å². The van der Waals surface area contributed by atoms with Gasteiger partial charge in [0.25, 0.3) is 5.91 Å². The molecule has 4 nitrogen and oxygen atoms in total. The van der Waals surface area contributed by atoms with Gasteiger partial charge in [0, 0.05) is 23.8 Å². The Bertz CT molecular complexity index is 1480. The fraction of sp³-hybridized carbons (Fsp3) is 0. The molecule has 152 valence electrons. The van der Waals surface area contributed by atoms with E-state index in [9.17, 15) is 4.79 Å². The van der Waals surface area contributed by atoms with Crippen molar-refractivity contribution in [1.29, 1.82) is 0 Å². The van der Waals surface area contributed by atoms with Crippen molar-refractivity contribution in [1.82, 2.24) is 4.98 Å². The van der Waals surface area contributed by atoms with Gasteiger partial charge in [0.2, 0.25) is 5.89 Å². The molecule has 1 N–H and O–H groups in total. The number of halogens is 3. The minimum absolute atomic E-state index is 0.174. The Morgan fingerprint density at radius 1 is 0.903 bits per heavy atom. The number of amides is 1. The van der Waals surface area contributed by atoms with Gasteiger partial charge in [0.05, 0.1) is 5.56 Å². The number of nitrogens with one attached hydrogen (secondary N) is 1. The zero-order valence-electron chi connectivity index (χ0n) is 15.8. The summed E-state index contributed by atoms with van der Waals surface area (Å²) >= 11 is 9.37. The lowest BCUT2D eigenvalue weighted by Crippen LogP contribution is -2.12. The highest BCUT2D eigenvalue weighted by atomic mass is 127. The number of fused-ring (bicyclic) bond motifs is 2. The van der Waals surface area contributed by atoms with Crippen molar-refractivity contribution < 1.29 is 9.21 Å². The van der Waals surface area contributed by atoms with Gasteiger partial charge >= 0.3 is 0 Å². The van der Waals surface area contributed by atoms with E-state index in [-0.39, 0.29) is 5.91 Å². The number of oxazole rings is 1. The summed E-state index contributed by atoms with van der Waals surface area (Å²) in [7, 11) is 0. The molecule has 1 aromatic heterocycles. The van der Waals surface area contributed by atoms with Gasteiger partial charge < -0.3 is 9.73 Å². The molecule has 0 fully saturated rings. The third-order valence-electron chi connectivity index (χ3n) is 4.92. The van der Waals surface area contributed by atoms with Gasteiger partial charge in [-0.1, -0.05) is 40.2 Å². The summed E-state index contributed by atoms with van der Waals surface area (Å²) < 4.78 is 8.90. The lowest BCUT2D eigenvalue weighted by Gasteiger charge is -2.09. The van der Waals surface area contributed by atoms with Crippen LogP contribution in [-0.4, -0.2) is 10.9 Å². The molecule has 5 aromatic rings. The first-order chi connectivity index (χ1) is 15.0. The molecule has 0 saturated carbocycles. The molecule has 0 unspecified atom stereocenters. The monoisotopic (exact) mass is 646 g/mol. The SMILES string of the molecule is O=C(Nc1ccc2oc(-c3cc(I)ccc3Br)nc2c1)c1cccc2c(Br)cccc12. The summed E-state index contributed by atoms with van der Waals surface area (Å²) in [5.41, 5.74) is 3.50. The zero-order chi connectivity index (χ0) is 21.5. The molecule has 1 amide bonds. The second kappa shape index (κ2) is 8.37. The fourth-order valence-corrected chi connectivity index (χ4v) is 4.86. The molecule has 1 heterocycles. The highest BCUT2D eigenvalue weighted by Crippen LogP contribution is 2.32. The number of aromatic nitrogens is 1. The fourth-order valence-electron chi connectivity index (χ4n) is 3.45. The van der Waals surface area contributed by atoms with Gasteiger partial charge in [-0.25, -0.2) is 4.98 Å². The average Bonchev–Trinajstić information content (AvgIpc) is 3.18. The van der Waals surface area contributed by atoms with Crippen LogP contribution < -0.4 is 5.32 Å². The van der Waals surface area contributed by atoms with Crippen molar-refractivity contribution in [3.8, 4) is 11.5 Å². The summed E-state index contributed by atoms with van der Waals surface area (Å²) in [6.45, 7) is 0. The molecule has 31 heavy (non-hydrogen) atoms. The number of carbonyl (C=O) groups is 1. The molecule has 5 rings (SSSR count). The summed E-state index contributed by atoms with van der Waals surface area (Å²) in [4.78, 5) is 17.6. The Hall–Kier alpha value is -2.23. The van der Waals surface area contributed by atoms with Crippen LogP contribution in [0.4, 0.5) is 5.69 Å². The van der Waals surface area contributed by atoms with E-state index in [4.69, 9.17) is 4.42 Å². The predicted molar refractivity (Wildman–Crippen MR) is 139 cm³/mol. The number of nitrogens with zero attached hydrogens (tertiary/aromatic N) is 1. The maximum atomic E-state index is 13.0. The molecule has 0 radical (unpaired) electrons. The van der Waals surface area contributed by atoms with Crippen LogP contribution in [0, 0.1) is 3.57 Å². The third kappa shape index (κ3) is 4.02. The van der Waals surface area contributed by atoms with Crippen molar-refractivity contribution in [2.45, 2.75) is 0 Å². The van der Waals surface area contributed by atoms with Crippen LogP contribution in [-0.2, 0) is 0 Å². The number of carbonyl (C=O) groups excluding carboxylic acids is 1. The second-order valence-electron chi connectivity index (χ2n) is 6.92. The normalized spacial score (nSPS) is 11.2. The number of hydrogen-bond acceptors (Lipinski definition) is 3. The Labute approximate surface area is 208 Å². The van der Waals surface area contributed by atoms with Crippen LogP contribution in [0.25, 0.3) is 33.3 Å². The van der Waals surface area contributed by atoms with Gasteiger partial charge in [0.1, 0.15) is 5.52 Å². The van der Waals surface area contributed by atoms with E-state index in [2.05, 4.69) is 64.8 Å².